The molecule has 1 heteroatoms. The predicted molar refractivity (Wildman–Crippen MR) is 61.6 cm³/mol. The second-order valence-electron chi connectivity index (χ2n) is 4.53. The Balaban J connectivity index is 4.19. The van der Waals surface area contributed by atoms with Crippen LogP contribution in [0.4, 0.5) is 0 Å². The summed E-state index contributed by atoms with van der Waals surface area (Å²) in [7, 11) is 3.10. The molecule has 0 nitrogen and oxygen atoms in total. The lowest BCUT2D eigenvalue weighted by atomic mass is 9.80. The van der Waals surface area contributed by atoms with E-state index in [1.165, 1.54) is 19.3 Å². The number of unbranched alkanes of at least 4 members (excludes halogenated alkanes) is 1. The minimum Gasteiger partial charge on any atom is -0.131 e. The maximum absolute atomic E-state index is 3.10. The van der Waals surface area contributed by atoms with Crippen LogP contribution in [-0.4, -0.2) is 5.16 Å². The molecule has 0 N–H and O–H groups in total. The molecule has 0 amide bonds. The molecule has 1 unspecified atom stereocenters. The minimum absolute atomic E-state index is 0.468. The van der Waals surface area contributed by atoms with Gasteiger partial charge < -0.3 is 0 Å². The molecule has 0 fully saturated rings. The maximum atomic E-state index is 3.10. The smallest absolute Gasteiger partial charge is 0.0104 e. The summed E-state index contributed by atoms with van der Waals surface area (Å²) >= 11 is 0. The first-order valence-electron chi connectivity index (χ1n) is 5.24. The van der Waals surface area contributed by atoms with E-state index < -0.39 is 0 Å². The van der Waals surface area contributed by atoms with Crippen LogP contribution in [0.3, 0.4) is 0 Å². The molecule has 0 bridgehead atoms. The summed E-state index contributed by atoms with van der Waals surface area (Å²) in [5.74, 6) is 1.54. The first-order chi connectivity index (χ1) is 5.45. The summed E-state index contributed by atoms with van der Waals surface area (Å²) in [6, 6.07) is 0. The highest BCUT2D eigenvalue weighted by atomic mass is 31.0. The van der Waals surface area contributed by atoms with Crippen molar-refractivity contribution in [1.82, 2.24) is 0 Å². The second kappa shape index (κ2) is 5.22. The molecule has 74 valence electrons. The molecular weight excluding hydrogens is 163 g/mol. The van der Waals surface area contributed by atoms with Crippen molar-refractivity contribution in [3.8, 4) is 0 Å². The zero-order valence-corrected chi connectivity index (χ0v) is 10.5. The minimum atomic E-state index is 0.468. The van der Waals surface area contributed by atoms with Gasteiger partial charge in [0, 0.05) is 0 Å². The number of hydrogen-bond donors (Lipinski definition) is 0. The lowest BCUT2D eigenvalue weighted by Gasteiger charge is -2.37. The van der Waals surface area contributed by atoms with Crippen molar-refractivity contribution in [1.29, 1.82) is 0 Å². The molecule has 12 heavy (non-hydrogen) atoms. The summed E-state index contributed by atoms with van der Waals surface area (Å²) in [4.78, 5) is 0. The normalized spacial score (nSPS) is 13.0. The third-order valence-electron chi connectivity index (χ3n) is 3.11. The van der Waals surface area contributed by atoms with Gasteiger partial charge in [-0.2, -0.15) is 0 Å². The molecule has 0 saturated heterocycles. The molecule has 0 aromatic carbocycles. The van der Waals surface area contributed by atoms with Crippen LogP contribution in [0.15, 0.2) is 0 Å². The van der Waals surface area contributed by atoms with Crippen LogP contribution in [0.25, 0.3) is 0 Å². The highest BCUT2D eigenvalue weighted by molar-refractivity contribution is 7.19. The molecule has 0 radical (unpaired) electrons. The number of rotatable bonds is 5. The van der Waals surface area contributed by atoms with Crippen molar-refractivity contribution in [2.75, 3.05) is 0 Å². The van der Waals surface area contributed by atoms with E-state index in [9.17, 15) is 0 Å². The van der Waals surface area contributed by atoms with E-state index >= 15 is 0 Å². The maximum Gasteiger partial charge on any atom is -0.0104 e. The van der Waals surface area contributed by atoms with Gasteiger partial charge in [0.05, 0.1) is 0 Å². The van der Waals surface area contributed by atoms with Crippen LogP contribution >= 0.6 is 9.24 Å². The molecule has 1 atom stereocenters. The third-order valence-corrected chi connectivity index (χ3v) is 4.74. The first kappa shape index (κ1) is 12.4. The molecule has 0 aromatic heterocycles. The molecule has 0 aliphatic rings. The SMILES string of the molecule is CCCCC(P)(C(C)C)C(C)C. The Hall–Kier alpha value is 0.430. The summed E-state index contributed by atoms with van der Waals surface area (Å²) in [6.45, 7) is 11.6. The fourth-order valence-electron chi connectivity index (χ4n) is 1.73. The standard InChI is InChI=1S/C11H25P/c1-6-7-8-11(12,9(2)3)10(4)5/h9-10H,6-8,12H2,1-5H3. The van der Waals surface area contributed by atoms with Crippen LogP contribution in [0, 0.1) is 11.8 Å². The van der Waals surface area contributed by atoms with Crippen molar-refractivity contribution >= 4 is 9.24 Å². The van der Waals surface area contributed by atoms with Gasteiger partial charge in [0.25, 0.3) is 0 Å². The number of hydrogen-bond acceptors (Lipinski definition) is 0. The Morgan fingerprint density at radius 3 is 1.75 bits per heavy atom. The molecule has 0 aromatic rings. The average Bonchev–Trinajstić information content (AvgIpc) is 1.99. The van der Waals surface area contributed by atoms with E-state index in [-0.39, 0.29) is 0 Å². The third kappa shape index (κ3) is 3.05. The fourth-order valence-corrected chi connectivity index (χ4v) is 1.93. The predicted octanol–water partition coefficient (Wildman–Crippen LogP) is 4.10. The summed E-state index contributed by atoms with van der Waals surface area (Å²) in [6.07, 6.45) is 4.03. The summed E-state index contributed by atoms with van der Waals surface area (Å²) in [5, 5.41) is 0.468. The Kier molecular flexibility index (Phi) is 5.41. The van der Waals surface area contributed by atoms with Crippen molar-refractivity contribution < 1.29 is 0 Å². The van der Waals surface area contributed by atoms with Crippen LogP contribution in [-0.2, 0) is 0 Å². The van der Waals surface area contributed by atoms with Crippen molar-refractivity contribution in [2.45, 2.75) is 59.0 Å². The zero-order valence-electron chi connectivity index (χ0n) is 9.35. The topological polar surface area (TPSA) is 0 Å². The fraction of sp³-hybridized carbons (Fsp3) is 1.00. The molecule has 0 aliphatic carbocycles. The van der Waals surface area contributed by atoms with Crippen molar-refractivity contribution in [3.63, 3.8) is 0 Å². The second-order valence-corrected chi connectivity index (χ2v) is 5.60. The Labute approximate surface area is 80.7 Å². The Bertz CT molecular complexity index is 108. The zero-order chi connectivity index (χ0) is 9.78. The summed E-state index contributed by atoms with van der Waals surface area (Å²) < 4.78 is 0. The largest absolute Gasteiger partial charge is 0.131 e. The average molecular weight is 188 g/mol. The first-order valence-corrected chi connectivity index (χ1v) is 5.81. The van der Waals surface area contributed by atoms with Gasteiger partial charge in [-0.05, 0) is 23.4 Å². The Morgan fingerprint density at radius 1 is 1.08 bits per heavy atom. The highest BCUT2D eigenvalue weighted by Crippen LogP contribution is 2.40. The van der Waals surface area contributed by atoms with Crippen molar-refractivity contribution in [2.24, 2.45) is 11.8 Å². The van der Waals surface area contributed by atoms with Crippen LogP contribution < -0.4 is 0 Å². The Morgan fingerprint density at radius 2 is 1.50 bits per heavy atom. The van der Waals surface area contributed by atoms with E-state index in [4.69, 9.17) is 0 Å². The van der Waals surface area contributed by atoms with Gasteiger partial charge in [0.2, 0.25) is 0 Å². The van der Waals surface area contributed by atoms with E-state index in [0.717, 1.165) is 11.8 Å². The monoisotopic (exact) mass is 188 g/mol. The van der Waals surface area contributed by atoms with E-state index in [2.05, 4.69) is 43.9 Å². The summed E-state index contributed by atoms with van der Waals surface area (Å²) in [5.41, 5.74) is 0. The highest BCUT2D eigenvalue weighted by Gasteiger charge is 2.30. The van der Waals surface area contributed by atoms with Gasteiger partial charge in [-0.25, -0.2) is 0 Å². The van der Waals surface area contributed by atoms with Gasteiger partial charge >= 0.3 is 0 Å². The van der Waals surface area contributed by atoms with E-state index in [1.54, 1.807) is 0 Å². The molecule has 0 saturated carbocycles. The van der Waals surface area contributed by atoms with Crippen LogP contribution in [0.2, 0.25) is 0 Å². The van der Waals surface area contributed by atoms with E-state index in [0.29, 0.717) is 5.16 Å². The molecule has 0 aliphatic heterocycles. The molecular formula is C11H25P. The quantitative estimate of drug-likeness (QED) is 0.570. The van der Waals surface area contributed by atoms with Gasteiger partial charge in [0.15, 0.2) is 0 Å². The van der Waals surface area contributed by atoms with Crippen molar-refractivity contribution in [3.05, 3.63) is 0 Å². The van der Waals surface area contributed by atoms with E-state index in [1.807, 2.05) is 0 Å². The molecule has 0 rings (SSSR count). The lowest BCUT2D eigenvalue weighted by Crippen LogP contribution is -2.33. The lowest BCUT2D eigenvalue weighted by molar-refractivity contribution is 0.307. The van der Waals surface area contributed by atoms with Gasteiger partial charge in [0.1, 0.15) is 0 Å². The van der Waals surface area contributed by atoms with Gasteiger partial charge in [-0.1, -0.05) is 47.5 Å². The van der Waals surface area contributed by atoms with Gasteiger partial charge in [-0.15, -0.1) is 9.24 Å². The molecule has 0 spiro atoms. The van der Waals surface area contributed by atoms with Crippen LogP contribution in [0.5, 0.6) is 0 Å². The van der Waals surface area contributed by atoms with Crippen LogP contribution in [0.1, 0.15) is 53.9 Å². The van der Waals surface area contributed by atoms with Gasteiger partial charge in [-0.3, -0.25) is 0 Å². The molecule has 0 heterocycles.